The summed E-state index contributed by atoms with van der Waals surface area (Å²) in [5, 5.41) is 4.08. The first-order chi connectivity index (χ1) is 11.2. The molecule has 1 fully saturated rings. The predicted octanol–water partition coefficient (Wildman–Crippen LogP) is 4.23. The van der Waals surface area contributed by atoms with Gasteiger partial charge in [-0.2, -0.15) is 4.98 Å². The third-order valence-electron chi connectivity index (χ3n) is 4.29. The predicted molar refractivity (Wildman–Crippen MR) is 96.6 cm³/mol. The van der Waals surface area contributed by atoms with Gasteiger partial charge in [0, 0.05) is 4.88 Å². The summed E-state index contributed by atoms with van der Waals surface area (Å²) in [5.74, 6) is 1.81. The second-order valence-electron chi connectivity index (χ2n) is 5.81. The fraction of sp³-hybridized carbons (Fsp3) is 0.294. The van der Waals surface area contributed by atoms with Crippen LogP contribution in [0.5, 0.6) is 5.75 Å². The molecule has 24 heavy (non-hydrogen) atoms. The summed E-state index contributed by atoms with van der Waals surface area (Å²) >= 11 is 1.58. The van der Waals surface area contributed by atoms with Crippen LogP contribution in [-0.2, 0) is 5.54 Å². The van der Waals surface area contributed by atoms with Crippen LogP contribution in [-0.4, -0.2) is 17.3 Å². The van der Waals surface area contributed by atoms with Gasteiger partial charge in [-0.25, -0.2) is 0 Å². The lowest BCUT2D eigenvalue weighted by atomic mass is 9.77. The van der Waals surface area contributed by atoms with Crippen molar-refractivity contribution in [3.63, 3.8) is 0 Å². The van der Waals surface area contributed by atoms with Gasteiger partial charge in [-0.05, 0) is 30.9 Å². The van der Waals surface area contributed by atoms with Crippen molar-refractivity contribution in [3.05, 3.63) is 42.2 Å². The molecule has 7 heteroatoms. The summed E-state index contributed by atoms with van der Waals surface area (Å²) < 4.78 is 10.9. The Morgan fingerprint density at radius 1 is 1.25 bits per heavy atom. The van der Waals surface area contributed by atoms with Crippen molar-refractivity contribution in [1.29, 1.82) is 0 Å². The SMILES string of the molecule is COc1cc(-c2ccccc2)sc1-c1nc(C2(N)CCC2)no1.Cl. The highest BCUT2D eigenvalue weighted by Crippen LogP contribution is 2.43. The van der Waals surface area contributed by atoms with Crippen LogP contribution in [0.15, 0.2) is 40.9 Å². The lowest BCUT2D eigenvalue weighted by Gasteiger charge is -2.34. The minimum absolute atomic E-state index is 0. The van der Waals surface area contributed by atoms with Crippen molar-refractivity contribution in [1.82, 2.24) is 10.1 Å². The molecule has 1 aromatic carbocycles. The second kappa shape index (κ2) is 6.55. The minimum atomic E-state index is -0.422. The van der Waals surface area contributed by atoms with Crippen molar-refractivity contribution < 1.29 is 9.26 Å². The molecule has 0 amide bonds. The first kappa shape index (κ1) is 17.0. The van der Waals surface area contributed by atoms with E-state index in [1.54, 1.807) is 18.4 Å². The second-order valence-corrected chi connectivity index (χ2v) is 6.86. The van der Waals surface area contributed by atoms with E-state index < -0.39 is 5.54 Å². The van der Waals surface area contributed by atoms with Crippen molar-refractivity contribution in [3.8, 4) is 27.0 Å². The normalized spacial score (nSPS) is 15.4. The fourth-order valence-electron chi connectivity index (χ4n) is 2.72. The average molecular weight is 364 g/mol. The van der Waals surface area contributed by atoms with Gasteiger partial charge in [0.2, 0.25) is 0 Å². The van der Waals surface area contributed by atoms with Crippen LogP contribution in [0.2, 0.25) is 0 Å². The number of thiophene rings is 1. The van der Waals surface area contributed by atoms with Gasteiger partial charge in [0.25, 0.3) is 5.89 Å². The van der Waals surface area contributed by atoms with E-state index in [4.69, 9.17) is 15.0 Å². The number of halogens is 1. The molecule has 1 aliphatic carbocycles. The van der Waals surface area contributed by atoms with Crippen molar-refractivity contribution in [2.75, 3.05) is 7.11 Å². The lowest BCUT2D eigenvalue weighted by molar-refractivity contribution is 0.229. The summed E-state index contributed by atoms with van der Waals surface area (Å²) in [7, 11) is 1.65. The lowest BCUT2D eigenvalue weighted by Crippen LogP contribution is -2.44. The molecule has 2 aromatic heterocycles. The Kier molecular flexibility index (Phi) is 4.62. The standard InChI is InChI=1S/C17H17N3O2S.ClH/c1-21-12-10-13(11-6-3-2-4-7-11)23-14(12)15-19-16(20-22-15)17(18)8-5-9-17;/h2-4,6-7,10H,5,8-9,18H2,1H3;1H. The van der Waals surface area contributed by atoms with Gasteiger partial charge >= 0.3 is 0 Å². The van der Waals surface area contributed by atoms with Gasteiger partial charge in [-0.3, -0.25) is 0 Å². The maximum Gasteiger partial charge on any atom is 0.271 e. The monoisotopic (exact) mass is 363 g/mol. The fourth-order valence-corrected chi connectivity index (χ4v) is 3.77. The molecule has 2 heterocycles. The molecule has 0 atom stereocenters. The maximum absolute atomic E-state index is 6.27. The molecule has 0 bridgehead atoms. The number of rotatable bonds is 4. The van der Waals surface area contributed by atoms with Crippen molar-refractivity contribution in [2.45, 2.75) is 24.8 Å². The molecule has 2 N–H and O–H groups in total. The van der Waals surface area contributed by atoms with E-state index in [0.29, 0.717) is 11.7 Å². The van der Waals surface area contributed by atoms with E-state index in [2.05, 4.69) is 22.3 Å². The zero-order valence-corrected chi connectivity index (χ0v) is 14.8. The van der Waals surface area contributed by atoms with E-state index >= 15 is 0 Å². The molecule has 0 saturated heterocycles. The number of nitrogens with zero attached hydrogens (tertiary/aromatic N) is 2. The van der Waals surface area contributed by atoms with Crippen molar-refractivity contribution in [2.24, 2.45) is 5.73 Å². The van der Waals surface area contributed by atoms with Crippen LogP contribution in [0, 0.1) is 0 Å². The number of hydrogen-bond donors (Lipinski definition) is 1. The molecular weight excluding hydrogens is 346 g/mol. The highest BCUT2D eigenvalue weighted by atomic mass is 35.5. The van der Waals surface area contributed by atoms with E-state index in [1.807, 2.05) is 24.3 Å². The maximum atomic E-state index is 6.27. The summed E-state index contributed by atoms with van der Waals surface area (Å²) in [5.41, 5.74) is 6.98. The van der Waals surface area contributed by atoms with Gasteiger partial charge in [0.15, 0.2) is 5.82 Å². The van der Waals surface area contributed by atoms with Gasteiger partial charge in [0.05, 0.1) is 12.6 Å². The molecular formula is C17H18ClN3O2S. The Balaban J connectivity index is 0.00000169. The third-order valence-corrected chi connectivity index (χ3v) is 5.44. The van der Waals surface area contributed by atoms with Crippen LogP contribution in [0.25, 0.3) is 21.2 Å². The number of benzene rings is 1. The van der Waals surface area contributed by atoms with E-state index in [9.17, 15) is 0 Å². The third kappa shape index (κ3) is 2.81. The highest BCUT2D eigenvalue weighted by Gasteiger charge is 2.39. The minimum Gasteiger partial charge on any atom is -0.495 e. The average Bonchev–Trinajstić information content (AvgIpc) is 3.20. The van der Waals surface area contributed by atoms with E-state index in [1.165, 1.54) is 0 Å². The van der Waals surface area contributed by atoms with Crippen LogP contribution < -0.4 is 10.5 Å². The molecule has 5 nitrogen and oxygen atoms in total. The van der Waals surface area contributed by atoms with Crippen LogP contribution in [0.1, 0.15) is 25.1 Å². The molecule has 0 aliphatic heterocycles. The molecule has 1 saturated carbocycles. The largest absolute Gasteiger partial charge is 0.495 e. The Morgan fingerprint density at radius 3 is 2.62 bits per heavy atom. The van der Waals surface area contributed by atoms with E-state index in [0.717, 1.165) is 40.3 Å². The Labute approximate surface area is 150 Å². The number of hydrogen-bond acceptors (Lipinski definition) is 6. The number of aromatic nitrogens is 2. The van der Waals surface area contributed by atoms with Gasteiger partial charge in [-0.15, -0.1) is 23.7 Å². The molecule has 0 radical (unpaired) electrons. The number of nitrogens with two attached hydrogens (primary N) is 1. The van der Waals surface area contributed by atoms with Crippen LogP contribution in [0.3, 0.4) is 0 Å². The quantitative estimate of drug-likeness (QED) is 0.750. The van der Waals surface area contributed by atoms with Gasteiger partial charge < -0.3 is 15.0 Å². The number of ether oxygens (including phenoxy) is 1. The summed E-state index contributed by atoms with van der Waals surface area (Å²) in [6, 6.07) is 12.2. The molecule has 126 valence electrons. The first-order valence-electron chi connectivity index (χ1n) is 7.56. The first-order valence-corrected chi connectivity index (χ1v) is 8.38. The molecule has 0 spiro atoms. The molecule has 3 aromatic rings. The molecule has 0 unspecified atom stereocenters. The van der Waals surface area contributed by atoms with E-state index in [-0.39, 0.29) is 12.4 Å². The summed E-state index contributed by atoms with van der Waals surface area (Å²) in [4.78, 5) is 6.46. The Bertz CT molecular complexity index is 827. The summed E-state index contributed by atoms with van der Waals surface area (Å²) in [6.07, 6.45) is 2.92. The molecule has 4 rings (SSSR count). The zero-order valence-electron chi connectivity index (χ0n) is 13.2. The summed E-state index contributed by atoms with van der Waals surface area (Å²) in [6.45, 7) is 0. The smallest absolute Gasteiger partial charge is 0.271 e. The van der Waals surface area contributed by atoms with Gasteiger partial charge in [-0.1, -0.05) is 35.5 Å². The zero-order chi connectivity index (χ0) is 15.9. The Hall–Kier alpha value is -1.89. The van der Waals surface area contributed by atoms with Crippen molar-refractivity contribution >= 4 is 23.7 Å². The molecule has 1 aliphatic rings. The van der Waals surface area contributed by atoms with Crippen LogP contribution in [0.4, 0.5) is 0 Å². The van der Waals surface area contributed by atoms with Crippen LogP contribution >= 0.6 is 23.7 Å². The Morgan fingerprint density at radius 2 is 2.00 bits per heavy atom. The van der Waals surface area contributed by atoms with Gasteiger partial charge in [0.1, 0.15) is 10.6 Å². The highest BCUT2D eigenvalue weighted by molar-refractivity contribution is 7.19. The number of methoxy groups -OCH3 is 1. The topological polar surface area (TPSA) is 74.2 Å².